The van der Waals surface area contributed by atoms with Gasteiger partial charge in [0.15, 0.2) is 0 Å². The maximum atomic E-state index is 14.1. The van der Waals surface area contributed by atoms with E-state index in [4.69, 9.17) is 0 Å². The number of benzene rings is 1. The highest BCUT2D eigenvalue weighted by Gasteiger charge is 2.51. The summed E-state index contributed by atoms with van der Waals surface area (Å²) in [6.45, 7) is 2.69. The van der Waals surface area contributed by atoms with Gasteiger partial charge in [-0.05, 0) is 50.4 Å². The van der Waals surface area contributed by atoms with Gasteiger partial charge in [0.2, 0.25) is 0 Å². The number of carboxylic acids is 1. The van der Waals surface area contributed by atoms with Crippen molar-refractivity contribution in [3.63, 3.8) is 0 Å². The summed E-state index contributed by atoms with van der Waals surface area (Å²) in [6, 6.07) is 4.97. The van der Waals surface area contributed by atoms with Gasteiger partial charge in [-0.3, -0.25) is 9.69 Å². The summed E-state index contributed by atoms with van der Waals surface area (Å²) in [5.41, 5.74) is 0.474. The zero-order valence-electron chi connectivity index (χ0n) is 10.9. The molecule has 102 valence electrons. The third kappa shape index (κ3) is 2.25. The van der Waals surface area contributed by atoms with Crippen LogP contribution in [0.2, 0.25) is 0 Å². The van der Waals surface area contributed by atoms with Crippen LogP contribution in [0.25, 0.3) is 0 Å². The Morgan fingerprint density at radius 1 is 1.32 bits per heavy atom. The average molecular weight is 263 g/mol. The van der Waals surface area contributed by atoms with E-state index in [1.54, 1.807) is 12.1 Å². The van der Waals surface area contributed by atoms with Crippen LogP contribution in [0.1, 0.15) is 36.8 Å². The molecule has 1 N–H and O–H groups in total. The fraction of sp³-hybridized carbons (Fsp3) is 0.533. The first-order valence-electron chi connectivity index (χ1n) is 6.86. The molecule has 0 radical (unpaired) electrons. The highest BCUT2D eigenvalue weighted by molar-refractivity contribution is 5.84. The van der Waals surface area contributed by atoms with Gasteiger partial charge in [-0.1, -0.05) is 12.1 Å². The molecule has 2 fully saturated rings. The van der Waals surface area contributed by atoms with Gasteiger partial charge in [-0.15, -0.1) is 0 Å². The van der Waals surface area contributed by atoms with E-state index in [1.807, 2.05) is 0 Å². The van der Waals surface area contributed by atoms with Gasteiger partial charge < -0.3 is 5.11 Å². The lowest BCUT2D eigenvalue weighted by Crippen LogP contribution is -2.21. The number of likely N-dealkylation sites (tertiary alicyclic amines) is 1. The van der Waals surface area contributed by atoms with Gasteiger partial charge in [0.25, 0.3) is 0 Å². The number of hydrogen-bond donors (Lipinski definition) is 1. The van der Waals surface area contributed by atoms with Crippen molar-refractivity contribution in [2.24, 2.45) is 0 Å². The lowest BCUT2D eigenvalue weighted by Gasteiger charge is -2.17. The number of halogens is 1. The van der Waals surface area contributed by atoms with Crippen LogP contribution in [0.3, 0.4) is 0 Å². The van der Waals surface area contributed by atoms with Crippen molar-refractivity contribution in [2.45, 2.75) is 37.6 Å². The summed E-state index contributed by atoms with van der Waals surface area (Å²) < 4.78 is 14.1. The Morgan fingerprint density at radius 3 is 2.53 bits per heavy atom. The van der Waals surface area contributed by atoms with Crippen LogP contribution >= 0.6 is 0 Å². The normalized spacial score (nSPS) is 21.5. The summed E-state index contributed by atoms with van der Waals surface area (Å²) in [7, 11) is 0. The molecular weight excluding hydrogens is 245 g/mol. The van der Waals surface area contributed by atoms with E-state index in [0.29, 0.717) is 30.5 Å². The molecule has 0 spiro atoms. The summed E-state index contributed by atoms with van der Waals surface area (Å²) in [4.78, 5) is 13.5. The van der Waals surface area contributed by atoms with E-state index in [2.05, 4.69) is 4.90 Å². The van der Waals surface area contributed by atoms with Crippen LogP contribution < -0.4 is 0 Å². The van der Waals surface area contributed by atoms with Gasteiger partial charge in [0.05, 0.1) is 5.41 Å². The van der Waals surface area contributed by atoms with Crippen molar-refractivity contribution in [2.75, 3.05) is 13.1 Å². The number of carboxylic acid groups (broad SMARTS) is 1. The standard InChI is InChI=1S/C15H18FNO2/c16-13-9-12(15(5-6-15)14(18)19)4-3-11(13)10-17-7-1-2-8-17/h3-4,9H,1-2,5-8,10H2,(H,18,19). The number of aliphatic carboxylic acids is 1. The largest absolute Gasteiger partial charge is 0.481 e. The topological polar surface area (TPSA) is 40.5 Å². The molecule has 1 saturated carbocycles. The summed E-state index contributed by atoms with van der Waals surface area (Å²) in [5, 5.41) is 9.22. The molecular formula is C15H18FNO2. The molecule has 1 aliphatic heterocycles. The zero-order chi connectivity index (χ0) is 13.5. The van der Waals surface area contributed by atoms with Crippen LogP contribution in [0.5, 0.6) is 0 Å². The van der Waals surface area contributed by atoms with Gasteiger partial charge >= 0.3 is 5.97 Å². The minimum absolute atomic E-state index is 0.267. The highest BCUT2D eigenvalue weighted by Crippen LogP contribution is 2.48. The summed E-state index contributed by atoms with van der Waals surface area (Å²) in [6.07, 6.45) is 3.60. The Bertz CT molecular complexity index is 505. The van der Waals surface area contributed by atoms with Gasteiger partial charge in [0.1, 0.15) is 5.82 Å². The minimum atomic E-state index is -0.834. The lowest BCUT2D eigenvalue weighted by atomic mass is 9.95. The van der Waals surface area contributed by atoms with Crippen LogP contribution in [-0.4, -0.2) is 29.1 Å². The smallest absolute Gasteiger partial charge is 0.314 e. The number of hydrogen-bond acceptors (Lipinski definition) is 2. The molecule has 1 saturated heterocycles. The van der Waals surface area contributed by atoms with Crippen LogP contribution in [0.15, 0.2) is 18.2 Å². The Balaban J connectivity index is 1.80. The fourth-order valence-electron chi connectivity index (χ4n) is 2.91. The van der Waals surface area contributed by atoms with E-state index in [1.165, 1.54) is 18.9 Å². The highest BCUT2D eigenvalue weighted by atomic mass is 19.1. The Hall–Kier alpha value is -1.42. The van der Waals surface area contributed by atoms with E-state index in [0.717, 1.165) is 13.1 Å². The van der Waals surface area contributed by atoms with Crippen molar-refractivity contribution in [3.8, 4) is 0 Å². The van der Waals surface area contributed by atoms with E-state index < -0.39 is 11.4 Å². The molecule has 2 aliphatic rings. The predicted molar refractivity (Wildman–Crippen MR) is 69.5 cm³/mol. The average Bonchev–Trinajstić information content (AvgIpc) is 3.05. The molecule has 1 aromatic carbocycles. The molecule has 0 bridgehead atoms. The Kier molecular flexibility index (Phi) is 3.05. The third-order valence-electron chi connectivity index (χ3n) is 4.36. The first-order valence-corrected chi connectivity index (χ1v) is 6.86. The molecule has 0 amide bonds. The monoisotopic (exact) mass is 263 g/mol. The van der Waals surface area contributed by atoms with Gasteiger partial charge in [0, 0.05) is 12.1 Å². The lowest BCUT2D eigenvalue weighted by molar-refractivity contribution is -0.140. The van der Waals surface area contributed by atoms with E-state index in [-0.39, 0.29) is 5.82 Å². The van der Waals surface area contributed by atoms with Crippen LogP contribution in [-0.2, 0) is 16.8 Å². The Morgan fingerprint density at radius 2 is 2.00 bits per heavy atom. The first-order chi connectivity index (χ1) is 9.12. The van der Waals surface area contributed by atoms with Gasteiger partial charge in [-0.2, -0.15) is 0 Å². The zero-order valence-corrected chi connectivity index (χ0v) is 10.9. The predicted octanol–water partition coefficient (Wildman–Crippen LogP) is 2.54. The molecule has 1 aromatic rings. The van der Waals surface area contributed by atoms with Crippen molar-refractivity contribution in [3.05, 3.63) is 35.1 Å². The molecule has 4 heteroatoms. The molecule has 3 rings (SSSR count). The molecule has 0 unspecified atom stereocenters. The molecule has 19 heavy (non-hydrogen) atoms. The van der Waals surface area contributed by atoms with Crippen LogP contribution in [0, 0.1) is 5.82 Å². The fourth-order valence-corrected chi connectivity index (χ4v) is 2.91. The molecule has 0 atom stereocenters. The van der Waals surface area contributed by atoms with Crippen molar-refractivity contribution in [1.29, 1.82) is 0 Å². The number of carbonyl (C=O) groups is 1. The molecule has 3 nitrogen and oxygen atoms in total. The van der Waals surface area contributed by atoms with E-state index >= 15 is 0 Å². The summed E-state index contributed by atoms with van der Waals surface area (Å²) in [5.74, 6) is -1.10. The first kappa shape index (κ1) is 12.6. The number of rotatable bonds is 4. The maximum Gasteiger partial charge on any atom is 0.314 e. The second-order valence-electron chi connectivity index (χ2n) is 5.68. The number of nitrogens with zero attached hydrogens (tertiary/aromatic N) is 1. The van der Waals surface area contributed by atoms with Crippen molar-refractivity contribution >= 4 is 5.97 Å². The minimum Gasteiger partial charge on any atom is -0.481 e. The van der Waals surface area contributed by atoms with Crippen molar-refractivity contribution in [1.82, 2.24) is 4.90 Å². The molecule has 1 aliphatic carbocycles. The SMILES string of the molecule is O=C(O)C1(c2ccc(CN3CCCC3)c(F)c2)CC1. The Labute approximate surface area is 112 Å². The molecule has 1 heterocycles. The van der Waals surface area contributed by atoms with E-state index in [9.17, 15) is 14.3 Å². The second kappa shape index (κ2) is 4.60. The van der Waals surface area contributed by atoms with Gasteiger partial charge in [-0.25, -0.2) is 4.39 Å². The molecule has 0 aromatic heterocycles. The summed E-state index contributed by atoms with van der Waals surface area (Å²) >= 11 is 0. The maximum absolute atomic E-state index is 14.1. The second-order valence-corrected chi connectivity index (χ2v) is 5.68. The quantitative estimate of drug-likeness (QED) is 0.907. The third-order valence-corrected chi connectivity index (χ3v) is 4.36. The van der Waals surface area contributed by atoms with Crippen LogP contribution in [0.4, 0.5) is 4.39 Å². The van der Waals surface area contributed by atoms with Crippen molar-refractivity contribution < 1.29 is 14.3 Å².